The lowest BCUT2D eigenvalue weighted by Crippen LogP contribution is -2.10. The van der Waals surface area contributed by atoms with Crippen molar-refractivity contribution in [2.24, 2.45) is 0 Å². The lowest BCUT2D eigenvalue weighted by molar-refractivity contribution is 0.627. The Bertz CT molecular complexity index is 3250. The maximum atomic E-state index is 14.4. The van der Waals surface area contributed by atoms with Crippen LogP contribution >= 0.6 is 0 Å². The Balaban J connectivity index is 1.07. The highest BCUT2D eigenvalue weighted by atomic mass is 19.1. The van der Waals surface area contributed by atoms with Gasteiger partial charge in [0.1, 0.15) is 11.6 Å². The third kappa shape index (κ3) is 7.58. The summed E-state index contributed by atoms with van der Waals surface area (Å²) >= 11 is 0. The maximum absolute atomic E-state index is 14.4. The smallest absolute Gasteiger partial charge is 0.123 e. The molecule has 2 heterocycles. The summed E-state index contributed by atoms with van der Waals surface area (Å²) in [6, 6.07) is 77.4. The van der Waals surface area contributed by atoms with Crippen molar-refractivity contribution < 1.29 is 8.78 Å². The standard InChI is InChI=1S/C60H44F2N4/c1-41-11-9-17-55(35-41)63(49-13-5-3-6-14-49)51-27-31-53(32-28-51)65-57(43-19-23-47(61)24-20-43)37-45-40-60-46(39-59(45)65)38-58(44-21-25-48(62)26-22-44)66(60)54-33-29-52(30-34-54)64(50-15-7-4-8-16-50)56-18-10-12-42(2)36-56/h3-40H,1-2H3. The number of fused-ring (bicyclic) bond motifs is 2. The molecule has 0 amide bonds. The van der Waals surface area contributed by atoms with E-state index < -0.39 is 0 Å². The van der Waals surface area contributed by atoms with Crippen molar-refractivity contribution >= 4 is 55.9 Å². The summed E-state index contributed by atoms with van der Waals surface area (Å²) < 4.78 is 33.4. The molecule has 0 aliphatic carbocycles. The molecule has 2 aromatic heterocycles. The summed E-state index contributed by atoms with van der Waals surface area (Å²) in [5, 5.41) is 2.04. The number of hydrogen-bond donors (Lipinski definition) is 0. The van der Waals surface area contributed by atoms with Crippen LogP contribution < -0.4 is 9.80 Å². The minimum atomic E-state index is -0.284. The van der Waals surface area contributed by atoms with E-state index in [1.165, 1.54) is 35.4 Å². The molecule has 0 atom stereocenters. The molecule has 6 heteroatoms. The number of halogens is 2. The Morgan fingerprint density at radius 3 is 1.03 bits per heavy atom. The molecule has 318 valence electrons. The Labute approximate surface area is 383 Å². The van der Waals surface area contributed by atoms with Crippen molar-refractivity contribution in [1.82, 2.24) is 9.13 Å². The van der Waals surface area contributed by atoms with Crippen LogP contribution in [-0.2, 0) is 0 Å². The van der Waals surface area contributed by atoms with E-state index in [1.807, 2.05) is 36.4 Å². The van der Waals surface area contributed by atoms with Crippen LogP contribution in [0.2, 0.25) is 0 Å². The summed E-state index contributed by atoms with van der Waals surface area (Å²) in [6.45, 7) is 4.22. The van der Waals surface area contributed by atoms with Gasteiger partial charge in [-0.05, 0) is 206 Å². The summed E-state index contributed by atoms with van der Waals surface area (Å²) in [5.41, 5.74) is 16.3. The van der Waals surface area contributed by atoms with E-state index in [4.69, 9.17) is 0 Å². The van der Waals surface area contributed by atoms with Crippen LogP contribution in [0.5, 0.6) is 0 Å². The van der Waals surface area contributed by atoms with Crippen LogP contribution in [0.25, 0.3) is 55.7 Å². The number of benzene rings is 9. The van der Waals surface area contributed by atoms with E-state index in [9.17, 15) is 8.78 Å². The Morgan fingerprint density at radius 2 is 0.667 bits per heavy atom. The number of rotatable bonds is 10. The quantitative estimate of drug-likeness (QED) is 0.136. The highest BCUT2D eigenvalue weighted by Crippen LogP contribution is 2.41. The van der Waals surface area contributed by atoms with Crippen molar-refractivity contribution in [1.29, 1.82) is 0 Å². The average molecular weight is 859 g/mol. The van der Waals surface area contributed by atoms with E-state index in [2.05, 4.69) is 203 Å². The van der Waals surface area contributed by atoms with Gasteiger partial charge in [0.15, 0.2) is 0 Å². The van der Waals surface area contributed by atoms with Crippen molar-refractivity contribution in [3.63, 3.8) is 0 Å². The van der Waals surface area contributed by atoms with Gasteiger partial charge in [0, 0.05) is 56.3 Å². The largest absolute Gasteiger partial charge is 0.310 e. The normalized spacial score (nSPS) is 11.3. The monoisotopic (exact) mass is 858 g/mol. The second kappa shape index (κ2) is 16.9. The molecule has 0 saturated carbocycles. The zero-order chi connectivity index (χ0) is 44.7. The zero-order valence-electron chi connectivity index (χ0n) is 36.5. The first-order chi connectivity index (χ1) is 32.3. The van der Waals surface area contributed by atoms with Crippen molar-refractivity contribution in [3.05, 3.63) is 253 Å². The molecular weight excluding hydrogens is 815 g/mol. The van der Waals surface area contributed by atoms with Crippen LogP contribution in [0.4, 0.5) is 42.9 Å². The molecule has 0 spiro atoms. The molecule has 9 aromatic carbocycles. The highest BCUT2D eigenvalue weighted by Gasteiger charge is 2.21. The van der Waals surface area contributed by atoms with Gasteiger partial charge in [-0.1, -0.05) is 60.7 Å². The molecule has 4 nitrogen and oxygen atoms in total. The second-order valence-corrected chi connectivity index (χ2v) is 16.8. The molecule has 0 saturated heterocycles. The van der Waals surface area contributed by atoms with Crippen molar-refractivity contribution in [2.45, 2.75) is 13.8 Å². The number of hydrogen-bond acceptors (Lipinski definition) is 2. The molecule has 0 radical (unpaired) electrons. The lowest BCUT2D eigenvalue weighted by atomic mass is 10.1. The first-order valence-electron chi connectivity index (χ1n) is 22.1. The molecule has 0 bridgehead atoms. The third-order valence-corrected chi connectivity index (χ3v) is 12.3. The topological polar surface area (TPSA) is 16.3 Å². The van der Waals surface area contributed by atoms with Gasteiger partial charge in [0.25, 0.3) is 0 Å². The molecule has 0 fully saturated rings. The van der Waals surface area contributed by atoms with E-state index in [1.54, 1.807) is 0 Å². The molecule has 11 aromatic rings. The van der Waals surface area contributed by atoms with E-state index >= 15 is 0 Å². The Hall–Kier alpha value is -8.48. The fourth-order valence-electron chi connectivity index (χ4n) is 9.22. The van der Waals surface area contributed by atoms with Gasteiger partial charge in [-0.25, -0.2) is 8.78 Å². The van der Waals surface area contributed by atoms with Gasteiger partial charge >= 0.3 is 0 Å². The number of nitrogens with zero attached hydrogens (tertiary/aromatic N) is 4. The Kier molecular flexibility index (Phi) is 10.3. The van der Waals surface area contributed by atoms with Crippen LogP contribution in [0.15, 0.2) is 231 Å². The first-order valence-corrected chi connectivity index (χ1v) is 22.1. The van der Waals surface area contributed by atoms with Gasteiger partial charge in [-0.2, -0.15) is 0 Å². The highest BCUT2D eigenvalue weighted by molar-refractivity contribution is 6.02. The number of aromatic nitrogens is 2. The van der Waals surface area contributed by atoms with E-state index in [0.29, 0.717) is 0 Å². The fraction of sp³-hybridized carbons (Fsp3) is 0.0333. The summed E-state index contributed by atoms with van der Waals surface area (Å²) in [5.74, 6) is -0.569. The summed E-state index contributed by atoms with van der Waals surface area (Å²) in [6.07, 6.45) is 0. The van der Waals surface area contributed by atoms with Crippen LogP contribution in [0.3, 0.4) is 0 Å². The minimum absolute atomic E-state index is 0.284. The fourth-order valence-corrected chi connectivity index (χ4v) is 9.22. The van der Waals surface area contributed by atoms with Crippen LogP contribution in [-0.4, -0.2) is 9.13 Å². The molecule has 0 aliphatic heterocycles. The van der Waals surface area contributed by atoms with Crippen molar-refractivity contribution in [2.75, 3.05) is 9.80 Å². The predicted octanol–water partition coefficient (Wildman–Crippen LogP) is 16.7. The Morgan fingerprint density at radius 1 is 0.318 bits per heavy atom. The molecule has 11 rings (SSSR count). The second-order valence-electron chi connectivity index (χ2n) is 16.8. The predicted molar refractivity (Wildman–Crippen MR) is 270 cm³/mol. The number of para-hydroxylation sites is 2. The first kappa shape index (κ1) is 40.3. The van der Waals surface area contributed by atoms with Gasteiger partial charge in [0.2, 0.25) is 0 Å². The lowest BCUT2D eigenvalue weighted by Gasteiger charge is -2.26. The van der Waals surface area contributed by atoms with Gasteiger partial charge < -0.3 is 18.9 Å². The summed E-state index contributed by atoms with van der Waals surface area (Å²) in [7, 11) is 0. The molecule has 0 N–H and O–H groups in total. The zero-order valence-corrected chi connectivity index (χ0v) is 36.5. The van der Waals surface area contributed by atoms with Gasteiger partial charge in [-0.3, -0.25) is 0 Å². The molecule has 66 heavy (non-hydrogen) atoms. The molecule has 0 unspecified atom stereocenters. The van der Waals surface area contributed by atoms with Crippen LogP contribution in [0.1, 0.15) is 11.1 Å². The minimum Gasteiger partial charge on any atom is -0.310 e. The van der Waals surface area contributed by atoms with Gasteiger partial charge in [-0.15, -0.1) is 0 Å². The third-order valence-electron chi connectivity index (χ3n) is 12.3. The average Bonchev–Trinajstić information content (AvgIpc) is 3.91. The van der Waals surface area contributed by atoms with Gasteiger partial charge in [0.05, 0.1) is 22.4 Å². The number of anilines is 6. The van der Waals surface area contributed by atoms with Crippen molar-refractivity contribution in [3.8, 4) is 33.9 Å². The molecule has 0 aliphatic rings. The molecular formula is C60H44F2N4. The SMILES string of the molecule is Cc1cccc(N(c2ccccc2)c2ccc(-n3c(-c4ccc(F)cc4)cc4cc5c(cc(-c6ccc(F)cc6)n5-c5ccc(N(c6ccccc6)c6cccc(C)c6)cc5)cc43)cc2)c1. The van der Waals surface area contributed by atoms with Crippen LogP contribution in [0, 0.1) is 25.5 Å². The summed E-state index contributed by atoms with van der Waals surface area (Å²) in [4.78, 5) is 4.53. The van der Waals surface area contributed by atoms with E-state index in [0.717, 1.165) is 89.8 Å². The number of aryl methyl sites for hydroxylation is 2. The van der Waals surface area contributed by atoms with E-state index in [-0.39, 0.29) is 11.6 Å². The maximum Gasteiger partial charge on any atom is 0.123 e.